The lowest BCUT2D eigenvalue weighted by molar-refractivity contribution is 0.102. The highest BCUT2D eigenvalue weighted by atomic mass is 32.2. The monoisotopic (exact) mass is 795 g/mol. The second-order valence-corrected chi connectivity index (χ2v) is 15.2. The van der Waals surface area contributed by atoms with Crippen LogP contribution in [-0.2, 0) is 21.4 Å². The number of carbonyl (C=O) groups is 1. The lowest BCUT2D eigenvalue weighted by Crippen LogP contribution is -2.47. The van der Waals surface area contributed by atoms with Crippen molar-refractivity contribution in [2.24, 2.45) is 0 Å². The Kier molecular flexibility index (Phi) is 12.0. The number of hydrogen-bond donors (Lipinski definition) is 2. The summed E-state index contributed by atoms with van der Waals surface area (Å²) in [5, 5.41) is 5.77. The van der Waals surface area contributed by atoms with Crippen LogP contribution < -0.4 is 25.0 Å². The molecule has 1 saturated heterocycles. The van der Waals surface area contributed by atoms with Crippen LogP contribution in [0.5, 0.6) is 11.5 Å². The van der Waals surface area contributed by atoms with Gasteiger partial charge >= 0.3 is 0 Å². The summed E-state index contributed by atoms with van der Waals surface area (Å²) in [7, 11) is 0.490. The first-order valence-corrected chi connectivity index (χ1v) is 20.7. The summed E-state index contributed by atoms with van der Waals surface area (Å²) in [5.74, 6) is -0.603. The summed E-state index contributed by atoms with van der Waals surface area (Å²) < 4.78 is 54.3. The van der Waals surface area contributed by atoms with E-state index in [-0.39, 0.29) is 17.9 Å². The number of ether oxygens (including phenoxy) is 2. The van der Waals surface area contributed by atoms with Crippen LogP contribution in [0.4, 0.5) is 31.8 Å². The van der Waals surface area contributed by atoms with Gasteiger partial charge in [-0.05, 0) is 73.5 Å². The van der Waals surface area contributed by atoms with Gasteiger partial charge in [-0.1, -0.05) is 19.1 Å². The van der Waals surface area contributed by atoms with E-state index in [1.165, 1.54) is 6.07 Å². The summed E-state index contributed by atoms with van der Waals surface area (Å²) >= 11 is 0. The summed E-state index contributed by atoms with van der Waals surface area (Å²) in [6.45, 7) is 8.54. The van der Waals surface area contributed by atoms with Crippen LogP contribution in [0.25, 0.3) is 28.3 Å². The molecular weight excluding hydrogens is 751 g/mol. The Balaban J connectivity index is 1.21. The molecule has 3 aromatic carbocycles. The van der Waals surface area contributed by atoms with Gasteiger partial charge in [0.1, 0.15) is 40.2 Å². The van der Waals surface area contributed by atoms with Gasteiger partial charge in [-0.2, -0.15) is 0 Å². The molecule has 1 fully saturated rings. The van der Waals surface area contributed by atoms with Crippen molar-refractivity contribution in [3.05, 3.63) is 108 Å². The number of nitrogens with zero attached hydrogens (tertiary/aromatic N) is 6. The lowest BCUT2D eigenvalue weighted by atomic mass is 10.0. The minimum atomic E-state index is -1.15. The number of para-hydroxylation sites is 1. The molecule has 6 aromatic rings. The Hall–Kier alpha value is -5.93. The maximum absolute atomic E-state index is 14.5. The fraction of sp³-hybridized carbons (Fsp3) is 0.286. The molecule has 15 heteroatoms. The van der Waals surface area contributed by atoms with Crippen LogP contribution in [0.3, 0.4) is 0 Å². The Labute approximate surface area is 332 Å². The zero-order valence-corrected chi connectivity index (χ0v) is 33.2. The molecular formula is C42H45F2N8O4S+. The molecule has 12 nitrogen and oxygen atoms in total. The van der Waals surface area contributed by atoms with Crippen LogP contribution in [0.2, 0.25) is 0 Å². The van der Waals surface area contributed by atoms with Crippen molar-refractivity contribution in [2.75, 3.05) is 74.0 Å². The van der Waals surface area contributed by atoms with Crippen LogP contribution in [0.1, 0.15) is 29.8 Å². The van der Waals surface area contributed by atoms with Crippen molar-refractivity contribution in [1.82, 2.24) is 24.3 Å². The van der Waals surface area contributed by atoms with Gasteiger partial charge in [0.15, 0.2) is 0 Å². The molecule has 1 unspecified atom stereocenters. The predicted octanol–water partition coefficient (Wildman–Crippen LogP) is 7.15. The van der Waals surface area contributed by atoms with E-state index in [1.807, 2.05) is 28.8 Å². The molecule has 4 heterocycles. The SMILES string of the molecule is CCOc1ccc(-c2nc3ccccn3c2-c2ccnc(Nc3cc(CC)c(N4CCN(CC[SH+](C)=O)CC4)cc3OC)n2)cc1C(=O)Nc1c(F)cccc1F. The molecule has 0 saturated carbocycles. The first-order valence-electron chi connectivity index (χ1n) is 18.8. The molecule has 0 bridgehead atoms. The lowest BCUT2D eigenvalue weighted by Gasteiger charge is -2.37. The molecule has 0 spiro atoms. The first kappa shape index (κ1) is 39.3. The van der Waals surface area contributed by atoms with E-state index in [0.717, 1.165) is 62.5 Å². The van der Waals surface area contributed by atoms with Crippen LogP contribution in [-0.4, -0.2) is 88.6 Å². The molecule has 1 aliphatic heterocycles. The maximum atomic E-state index is 14.5. The number of benzene rings is 3. The molecule has 0 aliphatic carbocycles. The van der Waals surface area contributed by atoms with Gasteiger partial charge in [0, 0.05) is 62.4 Å². The van der Waals surface area contributed by atoms with Gasteiger partial charge in [-0.15, -0.1) is 4.21 Å². The van der Waals surface area contributed by atoms with Gasteiger partial charge < -0.3 is 25.0 Å². The Morgan fingerprint density at radius 1 is 0.930 bits per heavy atom. The van der Waals surface area contributed by atoms with E-state index in [9.17, 15) is 17.8 Å². The number of halogens is 2. The second-order valence-electron chi connectivity index (χ2n) is 13.5. The zero-order chi connectivity index (χ0) is 40.1. The van der Waals surface area contributed by atoms with Crippen LogP contribution in [0, 0.1) is 11.6 Å². The van der Waals surface area contributed by atoms with Crippen molar-refractivity contribution in [3.8, 4) is 34.1 Å². The topological polar surface area (TPSA) is 126 Å². The number of nitrogens with one attached hydrogen (secondary N) is 2. The van der Waals surface area contributed by atoms with Crippen molar-refractivity contribution in [3.63, 3.8) is 0 Å². The number of methoxy groups -OCH3 is 1. The molecule has 0 radical (unpaired) electrons. The van der Waals surface area contributed by atoms with Crippen LogP contribution in [0.15, 0.2) is 85.2 Å². The quantitative estimate of drug-likeness (QED) is 0.0868. The van der Waals surface area contributed by atoms with Crippen molar-refractivity contribution in [1.29, 1.82) is 0 Å². The number of amides is 1. The highest BCUT2D eigenvalue weighted by molar-refractivity contribution is 7.84. The standard InChI is InChI=1S/C42H44F2N8O4S/c1-5-27-25-33(36(55-3)26-34(27)51-20-18-50(19-21-51)22-23-57(4)54)47-42-45-16-15-32(46-42)40-38(48-37-12-7-8-17-52(37)40)28-13-14-35(56-6-2)29(24-28)41(53)49-39-30(43)10-9-11-31(39)44/h7-17,24-26H,5-6,18-23H2,1-4H3,(H,49,53)(H,45,46,47)/p+1. The average molecular weight is 796 g/mol. The van der Waals surface area contributed by atoms with E-state index in [0.29, 0.717) is 51.4 Å². The van der Waals surface area contributed by atoms with Crippen molar-refractivity contribution < 1.29 is 27.3 Å². The van der Waals surface area contributed by atoms with E-state index in [4.69, 9.17) is 19.4 Å². The molecule has 57 heavy (non-hydrogen) atoms. The maximum Gasteiger partial charge on any atom is 0.259 e. The Morgan fingerprint density at radius 2 is 1.72 bits per heavy atom. The number of fused-ring (bicyclic) bond motifs is 1. The number of carbonyl (C=O) groups excluding carboxylic acids is 1. The molecule has 3 aromatic heterocycles. The summed E-state index contributed by atoms with van der Waals surface area (Å²) in [6.07, 6.45) is 6.12. The highest BCUT2D eigenvalue weighted by Crippen LogP contribution is 2.38. The average Bonchev–Trinajstić information content (AvgIpc) is 3.61. The third-order valence-electron chi connectivity index (χ3n) is 9.90. The van der Waals surface area contributed by atoms with Gasteiger partial charge in [-0.3, -0.25) is 14.1 Å². The zero-order valence-electron chi connectivity index (χ0n) is 32.3. The minimum absolute atomic E-state index is 0.0729. The van der Waals surface area contributed by atoms with Gasteiger partial charge in [0.25, 0.3) is 5.91 Å². The number of anilines is 4. The summed E-state index contributed by atoms with van der Waals surface area (Å²) in [6, 6.07) is 19.9. The number of thiol groups is 1. The van der Waals surface area contributed by atoms with Gasteiger partial charge in [0.2, 0.25) is 5.95 Å². The van der Waals surface area contributed by atoms with Gasteiger partial charge in [-0.25, -0.2) is 23.7 Å². The van der Waals surface area contributed by atoms with Crippen LogP contribution >= 0.6 is 0 Å². The molecule has 1 amide bonds. The van der Waals surface area contributed by atoms with E-state index in [2.05, 4.69) is 44.5 Å². The highest BCUT2D eigenvalue weighted by Gasteiger charge is 2.24. The van der Waals surface area contributed by atoms with Crippen molar-refractivity contribution in [2.45, 2.75) is 20.3 Å². The van der Waals surface area contributed by atoms with E-state index >= 15 is 0 Å². The van der Waals surface area contributed by atoms with E-state index in [1.54, 1.807) is 50.8 Å². The number of hydrogen-bond acceptors (Lipinski definition) is 10. The molecule has 1 aliphatic rings. The molecule has 2 N–H and O–H groups in total. The predicted molar refractivity (Wildman–Crippen MR) is 222 cm³/mol. The number of aromatic nitrogens is 4. The normalized spacial score (nSPS) is 13.8. The smallest absolute Gasteiger partial charge is 0.259 e. The minimum Gasteiger partial charge on any atom is -0.494 e. The number of piperazine rings is 1. The number of aryl methyl sites for hydroxylation is 1. The summed E-state index contributed by atoms with van der Waals surface area (Å²) in [4.78, 5) is 32.8. The summed E-state index contributed by atoms with van der Waals surface area (Å²) in [5.41, 5.74) is 5.38. The largest absolute Gasteiger partial charge is 0.494 e. The Bertz CT molecular complexity index is 2420. The second kappa shape index (κ2) is 17.5. The molecule has 1 atom stereocenters. The number of pyridine rings is 1. The number of imidazole rings is 1. The van der Waals surface area contributed by atoms with Crippen molar-refractivity contribution >= 4 is 45.4 Å². The Morgan fingerprint density at radius 3 is 2.44 bits per heavy atom. The third kappa shape index (κ3) is 8.59. The number of rotatable bonds is 14. The fourth-order valence-electron chi connectivity index (χ4n) is 7.00. The fourth-order valence-corrected chi connectivity index (χ4v) is 7.56. The van der Waals surface area contributed by atoms with Gasteiger partial charge in [0.05, 0.1) is 59.1 Å². The van der Waals surface area contributed by atoms with E-state index < -0.39 is 34.0 Å². The molecule has 296 valence electrons. The molecule has 7 rings (SSSR count). The first-order chi connectivity index (χ1) is 27.7. The third-order valence-corrected chi connectivity index (χ3v) is 10.7.